The third kappa shape index (κ3) is 3.59. The number of carbonyl (C=O) groups is 2. The number of nitrogens with one attached hydrogen (secondary N) is 1. The van der Waals surface area contributed by atoms with Gasteiger partial charge in [0, 0.05) is 25.5 Å². The smallest absolute Gasteiger partial charge is 0.307 e. The Morgan fingerprint density at radius 3 is 2.42 bits per heavy atom. The monoisotopic (exact) mass is 264 g/mol. The highest BCUT2D eigenvalue weighted by Crippen LogP contribution is 2.30. The Kier molecular flexibility index (Phi) is 4.60. The first-order valence-corrected chi connectivity index (χ1v) is 6.80. The summed E-state index contributed by atoms with van der Waals surface area (Å²) in [5, 5.41) is 12.0. The van der Waals surface area contributed by atoms with Crippen LogP contribution in [0.1, 0.15) is 25.7 Å². The number of hydrogen-bond acceptors (Lipinski definition) is 2. The summed E-state index contributed by atoms with van der Waals surface area (Å²) in [5.41, 5.74) is 0. The summed E-state index contributed by atoms with van der Waals surface area (Å²) in [6, 6.07) is 3.87. The Hall–Kier alpha value is -1.78. The van der Waals surface area contributed by atoms with Gasteiger partial charge in [0.05, 0.1) is 11.8 Å². The van der Waals surface area contributed by atoms with E-state index in [1.165, 1.54) is 0 Å². The van der Waals surface area contributed by atoms with E-state index in [0.29, 0.717) is 25.9 Å². The van der Waals surface area contributed by atoms with E-state index in [-0.39, 0.29) is 11.8 Å². The molecule has 2 rings (SSSR count). The zero-order valence-corrected chi connectivity index (χ0v) is 10.9. The van der Waals surface area contributed by atoms with Crippen LogP contribution in [-0.4, -0.2) is 28.1 Å². The summed E-state index contributed by atoms with van der Waals surface area (Å²) in [4.78, 5) is 23.2. The van der Waals surface area contributed by atoms with Gasteiger partial charge in [-0.15, -0.1) is 0 Å². The van der Waals surface area contributed by atoms with Crippen molar-refractivity contribution in [3.05, 3.63) is 24.5 Å². The molecule has 1 aromatic rings. The molecule has 0 radical (unpaired) electrons. The molecule has 104 valence electrons. The topological polar surface area (TPSA) is 71.3 Å². The minimum atomic E-state index is -0.842. The number of carboxylic acid groups (broad SMARTS) is 1. The zero-order chi connectivity index (χ0) is 13.7. The molecule has 0 unspecified atom stereocenters. The molecule has 1 aromatic heterocycles. The van der Waals surface area contributed by atoms with Crippen LogP contribution in [0.4, 0.5) is 0 Å². The van der Waals surface area contributed by atoms with Gasteiger partial charge in [0.25, 0.3) is 0 Å². The highest BCUT2D eigenvalue weighted by atomic mass is 16.4. The fourth-order valence-corrected chi connectivity index (χ4v) is 2.70. The van der Waals surface area contributed by atoms with Gasteiger partial charge < -0.3 is 15.0 Å². The van der Waals surface area contributed by atoms with Crippen molar-refractivity contribution >= 4 is 11.9 Å². The minimum Gasteiger partial charge on any atom is -0.481 e. The summed E-state index contributed by atoms with van der Waals surface area (Å²) < 4.78 is 1.98. The van der Waals surface area contributed by atoms with Crippen LogP contribution in [0.3, 0.4) is 0 Å². The normalized spacial score (nSPS) is 22.9. The Labute approximate surface area is 112 Å². The molecule has 5 heteroatoms. The Morgan fingerprint density at radius 2 is 1.79 bits per heavy atom. The molecule has 1 aliphatic carbocycles. The zero-order valence-electron chi connectivity index (χ0n) is 10.9. The van der Waals surface area contributed by atoms with Gasteiger partial charge in [-0.05, 0) is 25.0 Å². The van der Waals surface area contributed by atoms with E-state index in [2.05, 4.69) is 5.32 Å². The third-order valence-electron chi connectivity index (χ3n) is 3.76. The molecule has 0 aliphatic heterocycles. The average Bonchev–Trinajstić information content (AvgIpc) is 2.91. The molecule has 19 heavy (non-hydrogen) atoms. The highest BCUT2D eigenvalue weighted by molar-refractivity contribution is 5.84. The molecular weight excluding hydrogens is 244 g/mol. The quantitative estimate of drug-likeness (QED) is 0.846. The van der Waals surface area contributed by atoms with Crippen molar-refractivity contribution in [1.29, 1.82) is 0 Å². The van der Waals surface area contributed by atoms with E-state index in [1.807, 2.05) is 29.1 Å². The van der Waals surface area contributed by atoms with Crippen LogP contribution < -0.4 is 5.32 Å². The van der Waals surface area contributed by atoms with E-state index in [4.69, 9.17) is 5.11 Å². The Balaban J connectivity index is 1.82. The van der Waals surface area contributed by atoms with Crippen molar-refractivity contribution in [2.24, 2.45) is 11.8 Å². The number of aromatic nitrogens is 1. The van der Waals surface area contributed by atoms with Crippen LogP contribution in [0, 0.1) is 11.8 Å². The summed E-state index contributed by atoms with van der Waals surface area (Å²) in [5.74, 6) is -1.83. The SMILES string of the molecule is O=C(O)[C@H]1CCCC[C@H]1C(=O)NCCn1cccc1. The van der Waals surface area contributed by atoms with E-state index in [1.54, 1.807) is 0 Å². The molecule has 1 amide bonds. The molecule has 1 heterocycles. The molecule has 1 fully saturated rings. The first-order valence-electron chi connectivity index (χ1n) is 6.80. The first-order chi connectivity index (χ1) is 9.18. The van der Waals surface area contributed by atoms with E-state index < -0.39 is 11.9 Å². The number of amides is 1. The molecule has 2 N–H and O–H groups in total. The Bertz CT molecular complexity index is 428. The van der Waals surface area contributed by atoms with Crippen LogP contribution in [0.25, 0.3) is 0 Å². The van der Waals surface area contributed by atoms with Crippen LogP contribution in [-0.2, 0) is 16.1 Å². The second-order valence-electron chi connectivity index (χ2n) is 5.05. The van der Waals surface area contributed by atoms with Crippen LogP contribution in [0.5, 0.6) is 0 Å². The number of rotatable bonds is 5. The van der Waals surface area contributed by atoms with E-state index >= 15 is 0 Å². The fourth-order valence-electron chi connectivity index (χ4n) is 2.70. The molecule has 5 nitrogen and oxygen atoms in total. The second kappa shape index (κ2) is 6.41. The van der Waals surface area contributed by atoms with Gasteiger partial charge in [-0.25, -0.2) is 0 Å². The number of hydrogen-bond donors (Lipinski definition) is 2. The van der Waals surface area contributed by atoms with Crippen LogP contribution in [0.15, 0.2) is 24.5 Å². The lowest BCUT2D eigenvalue weighted by Gasteiger charge is -2.27. The largest absolute Gasteiger partial charge is 0.481 e. The van der Waals surface area contributed by atoms with Crippen molar-refractivity contribution in [3.8, 4) is 0 Å². The van der Waals surface area contributed by atoms with Crippen molar-refractivity contribution < 1.29 is 14.7 Å². The van der Waals surface area contributed by atoms with Gasteiger partial charge in [-0.3, -0.25) is 9.59 Å². The maximum Gasteiger partial charge on any atom is 0.307 e. The van der Waals surface area contributed by atoms with Crippen LogP contribution >= 0.6 is 0 Å². The van der Waals surface area contributed by atoms with Gasteiger partial charge in [0.2, 0.25) is 5.91 Å². The van der Waals surface area contributed by atoms with Gasteiger partial charge in [0.1, 0.15) is 0 Å². The summed E-state index contributed by atoms with van der Waals surface area (Å²) >= 11 is 0. The molecule has 0 saturated heterocycles. The predicted molar refractivity (Wildman–Crippen MR) is 70.5 cm³/mol. The lowest BCUT2D eigenvalue weighted by molar-refractivity contribution is -0.148. The maximum atomic E-state index is 12.1. The lowest BCUT2D eigenvalue weighted by atomic mass is 9.79. The van der Waals surface area contributed by atoms with Gasteiger partial charge >= 0.3 is 5.97 Å². The third-order valence-corrected chi connectivity index (χ3v) is 3.76. The number of carbonyl (C=O) groups excluding carboxylic acids is 1. The predicted octanol–water partition coefficient (Wildman–Crippen LogP) is 1.50. The first kappa shape index (κ1) is 13.6. The number of carboxylic acids is 1. The summed E-state index contributed by atoms with van der Waals surface area (Å²) in [7, 11) is 0. The van der Waals surface area contributed by atoms with Crippen molar-refractivity contribution in [2.75, 3.05) is 6.54 Å². The van der Waals surface area contributed by atoms with Crippen LogP contribution in [0.2, 0.25) is 0 Å². The molecule has 0 aromatic carbocycles. The molecular formula is C14H20N2O3. The molecule has 2 atom stereocenters. The average molecular weight is 264 g/mol. The standard InChI is InChI=1S/C14H20N2O3/c17-13(15-7-10-16-8-3-4-9-16)11-5-1-2-6-12(11)14(18)19/h3-4,8-9,11-12H,1-2,5-7,10H2,(H,15,17)(H,18,19)/t11-,12+/m1/s1. The summed E-state index contributed by atoms with van der Waals surface area (Å²) in [6.45, 7) is 1.25. The van der Waals surface area contributed by atoms with Crippen molar-refractivity contribution in [3.63, 3.8) is 0 Å². The minimum absolute atomic E-state index is 0.112. The van der Waals surface area contributed by atoms with E-state index in [9.17, 15) is 9.59 Å². The second-order valence-corrected chi connectivity index (χ2v) is 5.05. The molecule has 1 aliphatic rings. The van der Waals surface area contributed by atoms with Gasteiger partial charge in [0.15, 0.2) is 0 Å². The number of nitrogens with zero attached hydrogens (tertiary/aromatic N) is 1. The lowest BCUT2D eigenvalue weighted by Crippen LogP contribution is -2.40. The van der Waals surface area contributed by atoms with Crippen molar-refractivity contribution in [2.45, 2.75) is 32.2 Å². The molecule has 0 bridgehead atoms. The van der Waals surface area contributed by atoms with Crippen molar-refractivity contribution in [1.82, 2.24) is 9.88 Å². The molecule has 1 saturated carbocycles. The molecule has 0 spiro atoms. The summed E-state index contributed by atoms with van der Waals surface area (Å²) in [6.07, 6.45) is 7.03. The Morgan fingerprint density at radius 1 is 1.16 bits per heavy atom. The van der Waals surface area contributed by atoms with Gasteiger partial charge in [-0.1, -0.05) is 12.8 Å². The van der Waals surface area contributed by atoms with E-state index in [0.717, 1.165) is 12.8 Å². The highest BCUT2D eigenvalue weighted by Gasteiger charge is 2.35. The number of aliphatic carboxylic acids is 1. The van der Waals surface area contributed by atoms with Gasteiger partial charge in [-0.2, -0.15) is 0 Å². The fraction of sp³-hybridized carbons (Fsp3) is 0.571. The maximum absolute atomic E-state index is 12.1.